The molecule has 428 valence electrons. The lowest BCUT2D eigenvalue weighted by Crippen LogP contribution is -1.92. The van der Waals surface area contributed by atoms with Gasteiger partial charge in [0.1, 0.15) is 0 Å². The molecular formula is C92H60. The molecule has 0 aliphatic carbocycles. The van der Waals surface area contributed by atoms with E-state index in [1.54, 1.807) is 0 Å². The molecule has 18 aromatic rings. The van der Waals surface area contributed by atoms with Gasteiger partial charge in [0.15, 0.2) is 0 Å². The van der Waals surface area contributed by atoms with Gasteiger partial charge < -0.3 is 0 Å². The molecule has 0 radical (unpaired) electrons. The van der Waals surface area contributed by atoms with Gasteiger partial charge in [0.2, 0.25) is 0 Å². The Hall–Kier alpha value is -12.0. The van der Waals surface area contributed by atoms with E-state index in [0.717, 1.165) is 0 Å². The third kappa shape index (κ3) is 9.92. The summed E-state index contributed by atoms with van der Waals surface area (Å²) in [7, 11) is 0. The third-order valence-electron chi connectivity index (χ3n) is 18.8. The van der Waals surface area contributed by atoms with Crippen molar-refractivity contribution < 1.29 is 0 Å². The largest absolute Gasteiger partial charge is 0.0622 e. The van der Waals surface area contributed by atoms with Gasteiger partial charge in [-0.2, -0.15) is 0 Å². The topological polar surface area (TPSA) is 0 Å². The Bertz CT molecular complexity index is 5120. The summed E-state index contributed by atoms with van der Waals surface area (Å²) in [4.78, 5) is 0. The van der Waals surface area contributed by atoms with Gasteiger partial charge in [0, 0.05) is 0 Å². The van der Waals surface area contributed by atoms with Crippen molar-refractivity contribution in [2.24, 2.45) is 0 Å². The molecule has 0 aliphatic heterocycles. The molecule has 18 aromatic carbocycles. The maximum absolute atomic E-state index is 2.41. The van der Waals surface area contributed by atoms with Crippen molar-refractivity contribution in [2.45, 2.75) is 0 Å². The molecule has 0 bridgehead atoms. The Kier molecular flexibility index (Phi) is 13.7. The molecule has 0 saturated carbocycles. The van der Waals surface area contributed by atoms with Crippen LogP contribution in [0.2, 0.25) is 0 Å². The van der Waals surface area contributed by atoms with Crippen LogP contribution in [0.1, 0.15) is 0 Å². The first kappa shape index (κ1) is 54.2. The van der Waals surface area contributed by atoms with Gasteiger partial charge in [-0.25, -0.2) is 0 Å². The maximum Gasteiger partial charge on any atom is -0.00261 e. The molecule has 0 aliphatic rings. The Balaban J connectivity index is 0.000000141. The molecule has 0 atom stereocenters. The second-order valence-corrected chi connectivity index (χ2v) is 24.3. The van der Waals surface area contributed by atoms with Crippen LogP contribution in [0, 0.1) is 0 Å². The SMILES string of the molecule is c1ccc(-c2c3ccc(-c4ccc5ccccc5c4)cc3c(-c3ccccc3)c3ccc(-c4ccc5ccccc5c4)cc23)cc1.c1ccc(-c2c3ccc(-c4ccc5ccccc5c4)cc3c(-c3ccccc3)c3ccc(-c4ccc5ccccc5c4)cc23)cc1. The van der Waals surface area contributed by atoms with Crippen LogP contribution in [0.25, 0.3) is 175 Å². The molecule has 0 N–H and O–H groups in total. The number of rotatable bonds is 8. The molecule has 92 heavy (non-hydrogen) atoms. The highest BCUT2D eigenvalue weighted by molar-refractivity contribution is 6.24. The minimum Gasteiger partial charge on any atom is -0.0622 e. The monoisotopic (exact) mass is 1160 g/mol. The van der Waals surface area contributed by atoms with E-state index in [2.05, 4.69) is 364 Å². The molecule has 0 amide bonds. The highest BCUT2D eigenvalue weighted by Gasteiger charge is 2.21. The standard InChI is InChI=1S/2C46H30/c2*1-3-13-33(14-4-1)45-41-25-23-40(38-22-20-32-12-8-10-18-36(32)28-38)30-44(41)46(34-15-5-2-6-16-34)42-26-24-39(29-43(42)45)37-21-19-31-11-7-9-17-35(31)27-37/h2*1-30H. The number of fused-ring (bicyclic) bond motifs is 8. The Labute approximate surface area is 535 Å². The average Bonchev–Trinajstić information content (AvgIpc) is 0.763. The lowest BCUT2D eigenvalue weighted by Gasteiger charge is -2.20. The van der Waals surface area contributed by atoms with Crippen LogP contribution in [0.4, 0.5) is 0 Å². The average molecular weight is 1170 g/mol. The van der Waals surface area contributed by atoms with Crippen LogP contribution < -0.4 is 0 Å². The van der Waals surface area contributed by atoms with E-state index in [-0.39, 0.29) is 0 Å². The molecule has 0 heterocycles. The van der Waals surface area contributed by atoms with Crippen molar-refractivity contribution in [3.8, 4) is 89.0 Å². The summed E-state index contributed by atoms with van der Waals surface area (Å²) >= 11 is 0. The van der Waals surface area contributed by atoms with Crippen molar-refractivity contribution in [1.29, 1.82) is 0 Å². The van der Waals surface area contributed by atoms with Gasteiger partial charge >= 0.3 is 0 Å². The van der Waals surface area contributed by atoms with E-state index in [9.17, 15) is 0 Å². The fourth-order valence-corrected chi connectivity index (χ4v) is 14.3. The predicted octanol–water partition coefficient (Wildman–Crippen LogP) is 25.9. The first-order valence-electron chi connectivity index (χ1n) is 31.9. The van der Waals surface area contributed by atoms with Gasteiger partial charge in [-0.3, -0.25) is 0 Å². The normalized spacial score (nSPS) is 11.5. The predicted molar refractivity (Wildman–Crippen MR) is 396 cm³/mol. The summed E-state index contributed by atoms with van der Waals surface area (Å²) in [6.45, 7) is 0. The van der Waals surface area contributed by atoms with E-state index in [4.69, 9.17) is 0 Å². The Morgan fingerprint density at radius 3 is 0.489 bits per heavy atom. The van der Waals surface area contributed by atoms with E-state index in [1.807, 2.05) is 0 Å². The van der Waals surface area contributed by atoms with Gasteiger partial charge in [-0.1, -0.05) is 315 Å². The molecule has 0 aromatic heterocycles. The van der Waals surface area contributed by atoms with Gasteiger partial charge in [0.05, 0.1) is 0 Å². The molecular weight excluding hydrogens is 1110 g/mol. The summed E-state index contributed by atoms with van der Waals surface area (Å²) in [6.07, 6.45) is 0. The molecule has 18 rings (SSSR count). The molecule has 0 nitrogen and oxygen atoms in total. The molecule has 0 unspecified atom stereocenters. The Morgan fingerprint density at radius 1 is 0.0978 bits per heavy atom. The third-order valence-corrected chi connectivity index (χ3v) is 18.8. The number of hydrogen-bond acceptors (Lipinski definition) is 0. The zero-order chi connectivity index (χ0) is 60.9. The smallest absolute Gasteiger partial charge is 0.00261 e. The van der Waals surface area contributed by atoms with E-state index >= 15 is 0 Å². The summed E-state index contributed by atoms with van der Waals surface area (Å²) < 4.78 is 0. The van der Waals surface area contributed by atoms with Crippen molar-refractivity contribution >= 4 is 86.2 Å². The minimum atomic E-state index is 1.22. The lowest BCUT2D eigenvalue weighted by molar-refractivity contribution is 1.63. The van der Waals surface area contributed by atoms with Gasteiger partial charge in [0.25, 0.3) is 0 Å². The molecule has 0 heteroatoms. The minimum absolute atomic E-state index is 1.22. The number of benzene rings is 18. The molecule has 0 fully saturated rings. The number of hydrogen-bond donors (Lipinski definition) is 0. The summed E-state index contributed by atoms with van der Waals surface area (Å²) in [6, 6.07) is 133. The van der Waals surface area contributed by atoms with Crippen LogP contribution >= 0.6 is 0 Å². The lowest BCUT2D eigenvalue weighted by atomic mass is 9.83. The van der Waals surface area contributed by atoms with Crippen molar-refractivity contribution in [1.82, 2.24) is 0 Å². The first-order valence-corrected chi connectivity index (χ1v) is 31.9. The fourth-order valence-electron chi connectivity index (χ4n) is 14.3. The highest BCUT2D eigenvalue weighted by Crippen LogP contribution is 2.49. The zero-order valence-electron chi connectivity index (χ0n) is 50.6. The van der Waals surface area contributed by atoms with Gasteiger partial charge in [-0.05, 0) is 224 Å². The summed E-state index contributed by atoms with van der Waals surface area (Å²) in [5.74, 6) is 0. The highest BCUT2D eigenvalue weighted by atomic mass is 14.2. The second kappa shape index (κ2) is 23.2. The quantitative estimate of drug-likeness (QED) is 0.133. The van der Waals surface area contributed by atoms with E-state index in [0.29, 0.717) is 0 Å². The first-order chi connectivity index (χ1) is 45.6. The van der Waals surface area contributed by atoms with Crippen LogP contribution in [-0.4, -0.2) is 0 Å². The second-order valence-electron chi connectivity index (χ2n) is 24.3. The maximum atomic E-state index is 2.41. The Morgan fingerprint density at radius 2 is 0.272 bits per heavy atom. The van der Waals surface area contributed by atoms with E-state index in [1.165, 1.54) is 175 Å². The molecule has 0 spiro atoms. The fraction of sp³-hybridized carbons (Fsp3) is 0. The molecule has 0 saturated heterocycles. The van der Waals surface area contributed by atoms with Crippen LogP contribution in [0.3, 0.4) is 0 Å². The van der Waals surface area contributed by atoms with Gasteiger partial charge in [-0.15, -0.1) is 0 Å². The van der Waals surface area contributed by atoms with Crippen LogP contribution in [-0.2, 0) is 0 Å². The van der Waals surface area contributed by atoms with Crippen LogP contribution in [0.15, 0.2) is 364 Å². The van der Waals surface area contributed by atoms with Crippen molar-refractivity contribution in [3.05, 3.63) is 364 Å². The van der Waals surface area contributed by atoms with E-state index < -0.39 is 0 Å². The summed E-state index contributed by atoms with van der Waals surface area (Å²) in [5, 5.41) is 20.2. The van der Waals surface area contributed by atoms with Crippen LogP contribution in [0.5, 0.6) is 0 Å². The van der Waals surface area contributed by atoms with Crippen molar-refractivity contribution in [2.75, 3.05) is 0 Å². The zero-order valence-corrected chi connectivity index (χ0v) is 50.6. The summed E-state index contributed by atoms with van der Waals surface area (Å²) in [5.41, 5.74) is 19.8. The van der Waals surface area contributed by atoms with Crippen molar-refractivity contribution in [3.63, 3.8) is 0 Å².